The summed E-state index contributed by atoms with van der Waals surface area (Å²) in [6.45, 7) is 8.49. The van der Waals surface area contributed by atoms with E-state index in [0.29, 0.717) is 41.6 Å². The Balaban J connectivity index is 2.02. The summed E-state index contributed by atoms with van der Waals surface area (Å²) < 4.78 is 5.78. The van der Waals surface area contributed by atoms with E-state index in [0.717, 1.165) is 12.0 Å². The average Bonchev–Trinajstić information content (AvgIpc) is 2.70. The molecule has 2 aromatic rings. The van der Waals surface area contributed by atoms with Crippen LogP contribution in [-0.4, -0.2) is 23.5 Å². The summed E-state index contributed by atoms with van der Waals surface area (Å²) in [6, 6.07) is 12.6. The molecule has 3 N–H and O–H groups in total. The Bertz CT molecular complexity index is 912. The molecule has 160 valence electrons. The van der Waals surface area contributed by atoms with Gasteiger partial charge in [0.25, 0.3) is 5.91 Å². The Kier molecular flexibility index (Phi) is 8.80. The number of benzene rings is 2. The number of amides is 2. The molecular formula is C23H29N3O3S. The van der Waals surface area contributed by atoms with E-state index in [2.05, 4.69) is 29.8 Å². The molecular weight excluding hydrogens is 398 g/mol. The number of para-hydroxylation sites is 1. The standard InChI is InChI=1S/C23H29N3O3S/c1-5-21(27)25-19-14-17(11-10-16(19)4)24-23(30)26-22(28)18-8-6-7-9-20(18)29-13-12-15(2)3/h6-11,14-15H,5,12-13H2,1-4H3,(H,25,27)(H2,24,26,28,30). The van der Waals surface area contributed by atoms with E-state index in [1.165, 1.54) is 0 Å². The SMILES string of the molecule is CCC(=O)Nc1cc(NC(=S)NC(=O)c2ccccc2OCCC(C)C)ccc1C. The van der Waals surface area contributed by atoms with Crippen molar-refractivity contribution in [3.05, 3.63) is 53.6 Å². The number of rotatable bonds is 8. The predicted octanol–water partition coefficient (Wildman–Crippen LogP) is 4.90. The number of carbonyl (C=O) groups is 2. The van der Waals surface area contributed by atoms with Crippen molar-refractivity contribution in [2.75, 3.05) is 17.2 Å². The lowest BCUT2D eigenvalue weighted by molar-refractivity contribution is -0.115. The van der Waals surface area contributed by atoms with Gasteiger partial charge in [0.1, 0.15) is 5.75 Å². The monoisotopic (exact) mass is 427 g/mol. The van der Waals surface area contributed by atoms with Crippen molar-refractivity contribution in [1.29, 1.82) is 0 Å². The lowest BCUT2D eigenvalue weighted by Crippen LogP contribution is -2.34. The quantitative estimate of drug-likeness (QED) is 0.523. The Labute approximate surface area is 183 Å². The van der Waals surface area contributed by atoms with Gasteiger partial charge >= 0.3 is 0 Å². The van der Waals surface area contributed by atoms with Crippen LogP contribution in [0.15, 0.2) is 42.5 Å². The topological polar surface area (TPSA) is 79.5 Å². The minimum Gasteiger partial charge on any atom is -0.493 e. The van der Waals surface area contributed by atoms with Gasteiger partial charge in [-0.2, -0.15) is 0 Å². The van der Waals surface area contributed by atoms with Crippen LogP contribution in [0.4, 0.5) is 11.4 Å². The first-order chi connectivity index (χ1) is 14.3. The van der Waals surface area contributed by atoms with Crippen LogP contribution in [0.3, 0.4) is 0 Å². The van der Waals surface area contributed by atoms with E-state index in [4.69, 9.17) is 17.0 Å². The Hall–Kier alpha value is -2.93. The number of ether oxygens (including phenoxy) is 1. The zero-order chi connectivity index (χ0) is 22.1. The van der Waals surface area contributed by atoms with Crippen LogP contribution >= 0.6 is 12.2 Å². The number of hydrogen-bond acceptors (Lipinski definition) is 4. The van der Waals surface area contributed by atoms with Crippen LogP contribution in [0.1, 0.15) is 49.5 Å². The lowest BCUT2D eigenvalue weighted by Gasteiger charge is -2.15. The fraction of sp³-hybridized carbons (Fsp3) is 0.348. The Morgan fingerprint density at radius 1 is 1.10 bits per heavy atom. The van der Waals surface area contributed by atoms with E-state index in [1.807, 2.05) is 25.1 Å². The van der Waals surface area contributed by atoms with Crippen LogP contribution in [0.5, 0.6) is 5.75 Å². The van der Waals surface area contributed by atoms with E-state index in [1.54, 1.807) is 31.2 Å². The van der Waals surface area contributed by atoms with E-state index >= 15 is 0 Å². The number of carbonyl (C=O) groups excluding carboxylic acids is 2. The molecule has 0 saturated carbocycles. The van der Waals surface area contributed by atoms with Crippen molar-refractivity contribution < 1.29 is 14.3 Å². The second-order valence-electron chi connectivity index (χ2n) is 7.37. The van der Waals surface area contributed by atoms with Gasteiger partial charge < -0.3 is 15.4 Å². The summed E-state index contributed by atoms with van der Waals surface area (Å²) in [5.41, 5.74) is 2.72. The van der Waals surface area contributed by atoms with E-state index < -0.39 is 0 Å². The van der Waals surface area contributed by atoms with Crippen LogP contribution < -0.4 is 20.7 Å². The number of thiocarbonyl (C=S) groups is 1. The van der Waals surface area contributed by atoms with E-state index in [-0.39, 0.29) is 16.9 Å². The molecule has 0 aliphatic heterocycles. The molecule has 2 rings (SSSR count). The summed E-state index contributed by atoms with van der Waals surface area (Å²) in [6.07, 6.45) is 1.30. The van der Waals surface area contributed by atoms with Gasteiger partial charge in [0.15, 0.2) is 5.11 Å². The van der Waals surface area contributed by atoms with Gasteiger partial charge in [-0.25, -0.2) is 0 Å². The summed E-state index contributed by atoms with van der Waals surface area (Å²) in [5.74, 6) is 0.627. The number of nitrogens with one attached hydrogen (secondary N) is 3. The molecule has 6 nitrogen and oxygen atoms in total. The minimum absolute atomic E-state index is 0.0693. The number of aryl methyl sites for hydroxylation is 1. The van der Waals surface area contributed by atoms with Crippen molar-refractivity contribution in [1.82, 2.24) is 5.32 Å². The highest BCUT2D eigenvalue weighted by molar-refractivity contribution is 7.80. The zero-order valence-corrected chi connectivity index (χ0v) is 18.7. The van der Waals surface area contributed by atoms with Crippen LogP contribution in [0, 0.1) is 12.8 Å². The summed E-state index contributed by atoms with van der Waals surface area (Å²) in [5, 5.41) is 8.68. The largest absolute Gasteiger partial charge is 0.493 e. The maximum atomic E-state index is 12.7. The third-order valence-electron chi connectivity index (χ3n) is 4.40. The van der Waals surface area contributed by atoms with Crippen molar-refractivity contribution in [2.24, 2.45) is 5.92 Å². The van der Waals surface area contributed by atoms with Crippen molar-refractivity contribution in [3.8, 4) is 5.75 Å². The molecule has 0 spiro atoms. The third-order valence-corrected chi connectivity index (χ3v) is 4.61. The minimum atomic E-state index is -0.348. The molecule has 0 aromatic heterocycles. The highest BCUT2D eigenvalue weighted by Gasteiger charge is 2.14. The maximum Gasteiger partial charge on any atom is 0.261 e. The summed E-state index contributed by atoms with van der Waals surface area (Å²) in [4.78, 5) is 24.4. The fourth-order valence-electron chi connectivity index (χ4n) is 2.59. The van der Waals surface area contributed by atoms with Crippen LogP contribution in [-0.2, 0) is 4.79 Å². The van der Waals surface area contributed by atoms with Gasteiger partial charge in [0.05, 0.1) is 12.2 Å². The highest BCUT2D eigenvalue weighted by atomic mass is 32.1. The Morgan fingerprint density at radius 2 is 1.83 bits per heavy atom. The van der Waals surface area contributed by atoms with Gasteiger partial charge in [-0.05, 0) is 61.3 Å². The molecule has 2 aromatic carbocycles. The first kappa shape index (κ1) is 23.3. The summed E-state index contributed by atoms with van der Waals surface area (Å²) >= 11 is 5.29. The third kappa shape index (κ3) is 7.15. The van der Waals surface area contributed by atoms with Crippen LogP contribution in [0.2, 0.25) is 0 Å². The molecule has 0 heterocycles. The normalized spacial score (nSPS) is 10.4. The number of hydrogen-bond donors (Lipinski definition) is 3. The highest BCUT2D eigenvalue weighted by Crippen LogP contribution is 2.21. The second kappa shape index (κ2) is 11.3. The molecule has 30 heavy (non-hydrogen) atoms. The molecule has 2 amide bonds. The molecule has 7 heteroatoms. The smallest absolute Gasteiger partial charge is 0.261 e. The van der Waals surface area contributed by atoms with Gasteiger partial charge in [-0.15, -0.1) is 0 Å². The van der Waals surface area contributed by atoms with Crippen molar-refractivity contribution >= 4 is 40.5 Å². The molecule has 0 aliphatic rings. The molecule has 0 atom stereocenters. The van der Waals surface area contributed by atoms with Gasteiger partial charge in [0.2, 0.25) is 5.91 Å². The second-order valence-corrected chi connectivity index (χ2v) is 7.78. The van der Waals surface area contributed by atoms with Crippen LogP contribution in [0.25, 0.3) is 0 Å². The molecule has 0 saturated heterocycles. The molecule has 0 fully saturated rings. The lowest BCUT2D eigenvalue weighted by atomic mass is 10.1. The van der Waals surface area contributed by atoms with Gasteiger partial charge in [-0.1, -0.05) is 39.0 Å². The Morgan fingerprint density at radius 3 is 2.53 bits per heavy atom. The number of anilines is 2. The molecule has 0 aliphatic carbocycles. The summed E-state index contributed by atoms with van der Waals surface area (Å²) in [7, 11) is 0. The zero-order valence-electron chi connectivity index (χ0n) is 17.9. The van der Waals surface area contributed by atoms with Crippen molar-refractivity contribution in [3.63, 3.8) is 0 Å². The van der Waals surface area contributed by atoms with E-state index in [9.17, 15) is 9.59 Å². The first-order valence-corrected chi connectivity index (χ1v) is 10.5. The molecule has 0 bridgehead atoms. The first-order valence-electron chi connectivity index (χ1n) is 10.0. The van der Waals surface area contributed by atoms with Crippen molar-refractivity contribution in [2.45, 2.75) is 40.5 Å². The maximum absolute atomic E-state index is 12.7. The van der Waals surface area contributed by atoms with Gasteiger partial charge in [0, 0.05) is 17.8 Å². The molecule has 0 unspecified atom stereocenters. The predicted molar refractivity (Wildman–Crippen MR) is 125 cm³/mol. The molecule has 0 radical (unpaired) electrons. The fourth-order valence-corrected chi connectivity index (χ4v) is 2.80. The van der Waals surface area contributed by atoms with Gasteiger partial charge in [-0.3, -0.25) is 14.9 Å². The average molecular weight is 428 g/mol.